The van der Waals surface area contributed by atoms with Gasteiger partial charge in [-0.15, -0.1) is 0 Å². The third kappa shape index (κ3) is 4.51. The molecule has 2 heterocycles. The van der Waals surface area contributed by atoms with Gasteiger partial charge in [-0.3, -0.25) is 9.88 Å². The number of hydrogen-bond donors (Lipinski definition) is 1. The number of hydrogen-bond acceptors (Lipinski definition) is 4. The summed E-state index contributed by atoms with van der Waals surface area (Å²) in [6, 6.07) is 4.01. The van der Waals surface area contributed by atoms with Gasteiger partial charge in [0.05, 0.1) is 11.8 Å². The minimum atomic E-state index is 0.356. The third-order valence-corrected chi connectivity index (χ3v) is 3.71. The van der Waals surface area contributed by atoms with E-state index in [9.17, 15) is 0 Å². The Morgan fingerprint density at radius 1 is 1.60 bits per heavy atom. The smallest absolute Gasteiger partial charge is 0.122 e. The van der Waals surface area contributed by atoms with Gasteiger partial charge in [0, 0.05) is 25.9 Å². The van der Waals surface area contributed by atoms with E-state index in [0.717, 1.165) is 32.7 Å². The molecule has 0 aliphatic carbocycles. The van der Waals surface area contributed by atoms with Crippen LogP contribution in [0.3, 0.4) is 0 Å². The summed E-state index contributed by atoms with van der Waals surface area (Å²) in [4.78, 5) is 6.97. The summed E-state index contributed by atoms with van der Waals surface area (Å²) in [7, 11) is 0. The summed E-state index contributed by atoms with van der Waals surface area (Å²) in [5.41, 5.74) is 7.54. The van der Waals surface area contributed by atoms with E-state index in [-0.39, 0.29) is 0 Å². The molecule has 1 aromatic rings. The average molecular weight is 293 g/mol. The molecule has 0 aromatic carbocycles. The zero-order chi connectivity index (χ0) is 14.4. The second-order valence-corrected chi connectivity index (χ2v) is 5.72. The van der Waals surface area contributed by atoms with Crippen LogP contribution in [0.2, 0.25) is 0 Å². The summed E-state index contributed by atoms with van der Waals surface area (Å²) in [6.07, 6.45) is 5.60. The Morgan fingerprint density at radius 2 is 2.45 bits per heavy atom. The molecule has 5 heteroatoms. The lowest BCUT2D eigenvalue weighted by atomic mass is 10.1. The largest absolute Gasteiger partial charge is 0.388 e. The van der Waals surface area contributed by atoms with Crippen LogP contribution in [0.5, 0.6) is 0 Å². The monoisotopic (exact) mass is 293 g/mol. The first-order chi connectivity index (χ1) is 9.69. The molecule has 0 radical (unpaired) electrons. The molecule has 1 aliphatic heterocycles. The van der Waals surface area contributed by atoms with Crippen LogP contribution >= 0.6 is 12.2 Å². The third-order valence-electron chi connectivity index (χ3n) is 3.50. The lowest BCUT2D eigenvalue weighted by Crippen LogP contribution is -2.39. The molecule has 0 amide bonds. The summed E-state index contributed by atoms with van der Waals surface area (Å²) < 4.78 is 5.87. The van der Waals surface area contributed by atoms with E-state index in [0.29, 0.717) is 16.8 Å². The summed E-state index contributed by atoms with van der Waals surface area (Å²) in [6.45, 7) is 6.04. The van der Waals surface area contributed by atoms with Gasteiger partial charge in [-0.25, -0.2) is 0 Å². The molecule has 1 aliphatic rings. The first-order valence-electron chi connectivity index (χ1n) is 7.27. The number of aromatic nitrogens is 1. The minimum absolute atomic E-state index is 0.356. The van der Waals surface area contributed by atoms with E-state index in [2.05, 4.69) is 16.8 Å². The van der Waals surface area contributed by atoms with Gasteiger partial charge in [-0.1, -0.05) is 19.1 Å². The van der Waals surface area contributed by atoms with Gasteiger partial charge in [0.1, 0.15) is 4.99 Å². The number of nitrogens with zero attached hydrogens (tertiary/aromatic N) is 2. The molecule has 0 saturated carbocycles. The topological polar surface area (TPSA) is 51.4 Å². The molecule has 0 bridgehead atoms. The number of pyridine rings is 1. The Morgan fingerprint density at radius 3 is 3.20 bits per heavy atom. The molecule has 1 saturated heterocycles. The number of rotatable bonds is 6. The van der Waals surface area contributed by atoms with Crippen LogP contribution in [0.1, 0.15) is 37.4 Å². The van der Waals surface area contributed by atoms with E-state index < -0.39 is 0 Å². The number of nitrogens with two attached hydrogens (primary N) is 1. The highest BCUT2D eigenvalue weighted by Gasteiger charge is 2.20. The van der Waals surface area contributed by atoms with Crippen LogP contribution in [0.4, 0.5) is 0 Å². The maximum atomic E-state index is 5.87. The lowest BCUT2D eigenvalue weighted by Gasteiger charge is -2.32. The van der Waals surface area contributed by atoms with Crippen LogP contribution in [0, 0.1) is 0 Å². The zero-order valence-corrected chi connectivity index (χ0v) is 12.9. The average Bonchev–Trinajstić information content (AvgIpc) is 2.46. The lowest BCUT2D eigenvalue weighted by molar-refractivity contribution is -0.00223. The van der Waals surface area contributed by atoms with Gasteiger partial charge in [-0.2, -0.15) is 0 Å². The second-order valence-electron chi connectivity index (χ2n) is 5.28. The fourth-order valence-electron chi connectivity index (χ4n) is 2.54. The normalized spacial score (nSPS) is 19.9. The summed E-state index contributed by atoms with van der Waals surface area (Å²) in [5.74, 6) is 0. The predicted molar refractivity (Wildman–Crippen MR) is 84.7 cm³/mol. The highest BCUT2D eigenvalue weighted by molar-refractivity contribution is 7.80. The molecule has 1 aromatic heterocycles. The molecule has 2 N–H and O–H groups in total. The molecule has 4 nitrogen and oxygen atoms in total. The molecule has 20 heavy (non-hydrogen) atoms. The van der Waals surface area contributed by atoms with Crippen molar-refractivity contribution in [2.75, 3.05) is 19.7 Å². The fourth-order valence-corrected chi connectivity index (χ4v) is 2.65. The molecule has 1 fully saturated rings. The van der Waals surface area contributed by atoms with Crippen molar-refractivity contribution in [1.82, 2.24) is 9.88 Å². The van der Waals surface area contributed by atoms with E-state index in [1.54, 1.807) is 6.20 Å². The minimum Gasteiger partial charge on any atom is -0.388 e. The Labute approximate surface area is 126 Å². The van der Waals surface area contributed by atoms with Crippen molar-refractivity contribution >= 4 is 17.2 Å². The van der Waals surface area contributed by atoms with Gasteiger partial charge in [0.15, 0.2) is 0 Å². The maximum absolute atomic E-state index is 5.87. The molecule has 1 atom stereocenters. The van der Waals surface area contributed by atoms with Crippen LogP contribution < -0.4 is 5.73 Å². The van der Waals surface area contributed by atoms with Crippen molar-refractivity contribution in [3.05, 3.63) is 29.6 Å². The Kier molecular flexibility index (Phi) is 5.88. The van der Waals surface area contributed by atoms with Crippen molar-refractivity contribution in [2.45, 2.75) is 38.8 Å². The van der Waals surface area contributed by atoms with Gasteiger partial charge >= 0.3 is 0 Å². The number of likely N-dealkylation sites (tertiary alicyclic amines) is 1. The number of piperidine rings is 1. The fraction of sp³-hybridized carbons (Fsp3) is 0.600. The van der Waals surface area contributed by atoms with Crippen LogP contribution in [-0.2, 0) is 11.3 Å². The van der Waals surface area contributed by atoms with Crippen LogP contribution in [0.15, 0.2) is 18.3 Å². The first-order valence-corrected chi connectivity index (χ1v) is 7.68. The molecule has 110 valence electrons. The van der Waals surface area contributed by atoms with Gasteiger partial charge in [0.2, 0.25) is 0 Å². The molecule has 2 rings (SSSR count). The van der Waals surface area contributed by atoms with E-state index >= 15 is 0 Å². The Hall–Kier alpha value is -1.04. The van der Waals surface area contributed by atoms with Crippen molar-refractivity contribution in [3.8, 4) is 0 Å². The quantitative estimate of drug-likeness (QED) is 0.814. The number of thiocarbonyl (C=S) groups is 1. The van der Waals surface area contributed by atoms with Crippen LogP contribution in [-0.4, -0.2) is 40.7 Å². The van der Waals surface area contributed by atoms with E-state index in [4.69, 9.17) is 22.7 Å². The Balaban J connectivity index is 1.92. The van der Waals surface area contributed by atoms with Crippen molar-refractivity contribution in [3.63, 3.8) is 0 Å². The molecule has 0 spiro atoms. The SMILES string of the molecule is CCCOC1CCCN(Cc2ccnc(C(N)=S)c2)C1. The molecule has 1 unspecified atom stereocenters. The van der Waals surface area contributed by atoms with Crippen molar-refractivity contribution in [1.29, 1.82) is 0 Å². The molecular formula is C15H23N3OS. The van der Waals surface area contributed by atoms with Crippen molar-refractivity contribution in [2.24, 2.45) is 5.73 Å². The summed E-state index contributed by atoms with van der Waals surface area (Å²) in [5, 5.41) is 0. The highest BCUT2D eigenvalue weighted by atomic mass is 32.1. The number of ether oxygens (including phenoxy) is 1. The van der Waals surface area contributed by atoms with Gasteiger partial charge in [-0.05, 0) is 43.5 Å². The predicted octanol–water partition coefficient (Wildman–Crippen LogP) is 2.11. The zero-order valence-electron chi connectivity index (χ0n) is 12.0. The van der Waals surface area contributed by atoms with Crippen molar-refractivity contribution < 1.29 is 4.74 Å². The highest BCUT2D eigenvalue weighted by Crippen LogP contribution is 2.16. The second kappa shape index (κ2) is 7.67. The standard InChI is InChI=1S/C15H23N3OS/c1-2-8-19-13-4-3-7-18(11-13)10-12-5-6-17-14(9-12)15(16)20/h5-6,9,13H,2-4,7-8,10-11H2,1H3,(H2,16,20). The maximum Gasteiger partial charge on any atom is 0.122 e. The van der Waals surface area contributed by atoms with Gasteiger partial charge in [0.25, 0.3) is 0 Å². The summed E-state index contributed by atoms with van der Waals surface area (Å²) >= 11 is 4.97. The van der Waals surface area contributed by atoms with E-state index in [1.807, 2.05) is 12.1 Å². The molecular weight excluding hydrogens is 270 g/mol. The first kappa shape index (κ1) is 15.4. The Bertz CT molecular complexity index is 452. The van der Waals surface area contributed by atoms with E-state index in [1.165, 1.54) is 18.4 Å². The van der Waals surface area contributed by atoms with Crippen LogP contribution in [0.25, 0.3) is 0 Å². The van der Waals surface area contributed by atoms with Gasteiger partial charge < -0.3 is 10.5 Å².